The number of carbonyl (C=O) groups excluding carboxylic acids is 1. The molecular weight excluding hydrogens is 318 g/mol. The Bertz CT molecular complexity index is 493. The van der Waals surface area contributed by atoms with Crippen LogP contribution in [-0.4, -0.2) is 43.5 Å². The fourth-order valence-electron chi connectivity index (χ4n) is 4.05. The van der Waals surface area contributed by atoms with Crippen molar-refractivity contribution in [2.24, 2.45) is 11.8 Å². The van der Waals surface area contributed by atoms with Gasteiger partial charge in [-0.2, -0.15) is 0 Å². The van der Waals surface area contributed by atoms with E-state index in [1.165, 1.54) is 30.6 Å². The van der Waals surface area contributed by atoms with Gasteiger partial charge in [-0.1, -0.05) is 13.0 Å². The van der Waals surface area contributed by atoms with Crippen LogP contribution in [0.5, 0.6) is 0 Å². The maximum atomic E-state index is 12.4. The van der Waals surface area contributed by atoms with Crippen molar-refractivity contribution in [1.82, 2.24) is 15.5 Å². The predicted octanol–water partition coefficient (Wildman–Crippen LogP) is 3.03. The molecule has 4 nitrogen and oxygen atoms in total. The minimum Gasteiger partial charge on any atom is -0.354 e. The summed E-state index contributed by atoms with van der Waals surface area (Å²) < 4.78 is 0. The van der Waals surface area contributed by atoms with Crippen LogP contribution in [0.3, 0.4) is 0 Å². The van der Waals surface area contributed by atoms with Crippen LogP contribution in [0, 0.1) is 11.8 Å². The molecule has 1 amide bonds. The van der Waals surface area contributed by atoms with Crippen LogP contribution in [0.1, 0.15) is 49.9 Å². The standard InChI is InChI=1S/C19H31N3OS/c1-15(16-6-4-8-20-13-16)12-19(23)21-14-17(18-7-5-11-24-18)22-9-2-3-10-22/h5,7,11,15-17,20H,2-4,6,8-10,12-14H2,1H3,(H,21,23). The van der Waals surface area contributed by atoms with E-state index in [4.69, 9.17) is 0 Å². The summed E-state index contributed by atoms with van der Waals surface area (Å²) in [5.41, 5.74) is 0. The second-order valence-electron chi connectivity index (χ2n) is 7.37. The normalized spacial score (nSPS) is 24.6. The Labute approximate surface area is 150 Å². The zero-order valence-electron chi connectivity index (χ0n) is 14.8. The highest BCUT2D eigenvalue weighted by molar-refractivity contribution is 7.10. The Balaban J connectivity index is 1.49. The van der Waals surface area contributed by atoms with Crippen molar-refractivity contribution in [3.05, 3.63) is 22.4 Å². The number of thiophene rings is 1. The van der Waals surface area contributed by atoms with Crippen molar-refractivity contribution in [2.45, 2.75) is 45.1 Å². The van der Waals surface area contributed by atoms with E-state index in [1.54, 1.807) is 11.3 Å². The summed E-state index contributed by atoms with van der Waals surface area (Å²) in [6, 6.07) is 4.67. The monoisotopic (exact) mass is 349 g/mol. The molecule has 3 atom stereocenters. The number of carbonyl (C=O) groups is 1. The molecule has 1 aromatic rings. The Kier molecular flexibility index (Phi) is 6.69. The topological polar surface area (TPSA) is 44.4 Å². The smallest absolute Gasteiger partial charge is 0.220 e. The Morgan fingerprint density at radius 3 is 2.92 bits per heavy atom. The summed E-state index contributed by atoms with van der Waals surface area (Å²) in [4.78, 5) is 16.3. The number of nitrogens with zero attached hydrogens (tertiary/aromatic N) is 1. The van der Waals surface area contributed by atoms with Crippen LogP contribution in [0.25, 0.3) is 0 Å². The zero-order valence-corrected chi connectivity index (χ0v) is 15.6. The molecule has 0 aromatic carbocycles. The second kappa shape index (κ2) is 8.97. The van der Waals surface area contributed by atoms with Gasteiger partial charge in [0, 0.05) is 17.8 Å². The highest BCUT2D eigenvalue weighted by atomic mass is 32.1. The van der Waals surface area contributed by atoms with Gasteiger partial charge in [0.25, 0.3) is 0 Å². The molecule has 0 bridgehead atoms. The van der Waals surface area contributed by atoms with Gasteiger partial charge in [-0.3, -0.25) is 9.69 Å². The summed E-state index contributed by atoms with van der Waals surface area (Å²) in [5.74, 6) is 1.33. The molecule has 0 spiro atoms. The number of amides is 1. The third-order valence-electron chi connectivity index (χ3n) is 5.59. The molecule has 1 aromatic heterocycles. The predicted molar refractivity (Wildman–Crippen MR) is 100 cm³/mol. The quantitative estimate of drug-likeness (QED) is 0.795. The molecule has 134 valence electrons. The van der Waals surface area contributed by atoms with Crippen LogP contribution in [-0.2, 0) is 4.79 Å². The first kappa shape index (κ1) is 17.9. The summed E-state index contributed by atoms with van der Waals surface area (Å²) >= 11 is 1.80. The third kappa shape index (κ3) is 4.80. The summed E-state index contributed by atoms with van der Waals surface area (Å²) in [7, 11) is 0. The van der Waals surface area contributed by atoms with E-state index in [2.05, 4.69) is 40.0 Å². The molecule has 2 N–H and O–H groups in total. The maximum Gasteiger partial charge on any atom is 0.220 e. The Morgan fingerprint density at radius 2 is 2.25 bits per heavy atom. The van der Waals surface area contributed by atoms with E-state index in [0.717, 1.165) is 32.7 Å². The number of likely N-dealkylation sites (tertiary alicyclic amines) is 1. The van der Waals surface area contributed by atoms with Gasteiger partial charge in [-0.05, 0) is 75.1 Å². The molecule has 3 heterocycles. The van der Waals surface area contributed by atoms with Crippen molar-refractivity contribution >= 4 is 17.2 Å². The molecular formula is C19H31N3OS. The minimum absolute atomic E-state index is 0.217. The van der Waals surface area contributed by atoms with E-state index in [1.807, 2.05) is 0 Å². The molecule has 2 fully saturated rings. The number of hydrogen-bond acceptors (Lipinski definition) is 4. The van der Waals surface area contributed by atoms with E-state index >= 15 is 0 Å². The lowest BCUT2D eigenvalue weighted by Crippen LogP contribution is -2.38. The van der Waals surface area contributed by atoms with Crippen molar-refractivity contribution in [3.63, 3.8) is 0 Å². The van der Waals surface area contributed by atoms with Crippen molar-refractivity contribution in [2.75, 3.05) is 32.7 Å². The van der Waals surface area contributed by atoms with Gasteiger partial charge in [0.1, 0.15) is 0 Å². The van der Waals surface area contributed by atoms with Crippen molar-refractivity contribution in [1.29, 1.82) is 0 Å². The van der Waals surface area contributed by atoms with Crippen LogP contribution in [0.4, 0.5) is 0 Å². The average molecular weight is 350 g/mol. The van der Waals surface area contributed by atoms with Crippen LogP contribution in [0.15, 0.2) is 17.5 Å². The first-order valence-electron chi connectivity index (χ1n) is 9.49. The van der Waals surface area contributed by atoms with Gasteiger partial charge in [0.05, 0.1) is 6.04 Å². The summed E-state index contributed by atoms with van der Waals surface area (Å²) in [5, 5.41) is 8.82. The van der Waals surface area contributed by atoms with Gasteiger partial charge in [0.15, 0.2) is 0 Å². The Morgan fingerprint density at radius 1 is 1.42 bits per heavy atom. The van der Waals surface area contributed by atoms with Crippen molar-refractivity contribution in [3.8, 4) is 0 Å². The van der Waals surface area contributed by atoms with Gasteiger partial charge in [0.2, 0.25) is 5.91 Å². The SMILES string of the molecule is CC(CC(=O)NCC(c1cccs1)N1CCCC1)C1CCCNC1. The van der Waals surface area contributed by atoms with E-state index in [9.17, 15) is 4.79 Å². The maximum absolute atomic E-state index is 12.4. The second-order valence-corrected chi connectivity index (χ2v) is 8.35. The lowest BCUT2D eigenvalue weighted by molar-refractivity contribution is -0.122. The third-order valence-corrected chi connectivity index (χ3v) is 6.57. The van der Waals surface area contributed by atoms with Crippen LogP contribution >= 0.6 is 11.3 Å². The van der Waals surface area contributed by atoms with E-state index in [-0.39, 0.29) is 5.91 Å². The lowest BCUT2D eigenvalue weighted by Gasteiger charge is -2.29. The summed E-state index contributed by atoms with van der Waals surface area (Å²) in [6.07, 6.45) is 5.71. The van der Waals surface area contributed by atoms with Crippen LogP contribution in [0.2, 0.25) is 0 Å². The number of nitrogens with one attached hydrogen (secondary N) is 2. The molecule has 3 rings (SSSR count). The molecule has 0 saturated carbocycles. The fraction of sp³-hybridized carbons (Fsp3) is 0.737. The molecule has 0 radical (unpaired) electrons. The van der Waals surface area contributed by atoms with Crippen LogP contribution < -0.4 is 10.6 Å². The summed E-state index contributed by atoms with van der Waals surface area (Å²) in [6.45, 7) is 7.49. The minimum atomic E-state index is 0.217. The average Bonchev–Trinajstić information content (AvgIpc) is 3.30. The molecule has 0 aliphatic carbocycles. The fourth-order valence-corrected chi connectivity index (χ4v) is 4.91. The van der Waals surface area contributed by atoms with Gasteiger partial charge in [-0.25, -0.2) is 0 Å². The van der Waals surface area contributed by atoms with Gasteiger partial charge >= 0.3 is 0 Å². The van der Waals surface area contributed by atoms with Crippen molar-refractivity contribution < 1.29 is 4.79 Å². The number of hydrogen-bond donors (Lipinski definition) is 2. The molecule has 2 saturated heterocycles. The highest BCUT2D eigenvalue weighted by Gasteiger charge is 2.26. The molecule has 3 unspecified atom stereocenters. The zero-order chi connectivity index (χ0) is 16.8. The van der Waals surface area contributed by atoms with E-state index < -0.39 is 0 Å². The lowest BCUT2D eigenvalue weighted by atomic mass is 9.85. The molecule has 5 heteroatoms. The van der Waals surface area contributed by atoms with E-state index in [0.29, 0.717) is 24.3 Å². The molecule has 2 aliphatic rings. The number of piperidine rings is 1. The number of rotatable bonds is 7. The first-order valence-corrected chi connectivity index (χ1v) is 10.4. The molecule has 2 aliphatic heterocycles. The highest BCUT2D eigenvalue weighted by Crippen LogP contribution is 2.28. The first-order chi connectivity index (χ1) is 11.7. The Hall–Kier alpha value is -0.910. The molecule has 24 heavy (non-hydrogen) atoms. The van der Waals surface area contributed by atoms with Gasteiger partial charge < -0.3 is 10.6 Å². The van der Waals surface area contributed by atoms with Gasteiger partial charge in [-0.15, -0.1) is 11.3 Å². The largest absolute Gasteiger partial charge is 0.354 e.